The Hall–Kier alpha value is -2.71. The van der Waals surface area contributed by atoms with Crippen molar-refractivity contribution in [2.24, 2.45) is 5.10 Å². The lowest BCUT2D eigenvalue weighted by molar-refractivity contribution is 0.0695. The Morgan fingerprint density at radius 1 is 1.23 bits per heavy atom. The van der Waals surface area contributed by atoms with Gasteiger partial charge in [-0.3, -0.25) is 4.79 Å². The van der Waals surface area contributed by atoms with E-state index in [4.69, 9.17) is 0 Å². The molecule has 2 heterocycles. The zero-order valence-electron chi connectivity index (χ0n) is 17.2. The number of nitrogens with zero attached hydrogens (tertiary/aromatic N) is 2. The van der Waals surface area contributed by atoms with E-state index in [1.807, 2.05) is 30.5 Å². The number of hydrazone groups is 1. The van der Waals surface area contributed by atoms with Gasteiger partial charge in [-0.1, -0.05) is 22.0 Å². The van der Waals surface area contributed by atoms with E-state index in [9.17, 15) is 14.7 Å². The van der Waals surface area contributed by atoms with Crippen LogP contribution in [0.25, 0.3) is 5.00 Å². The number of aromatic nitrogens is 1. The maximum Gasteiger partial charge on any atom is 0.339 e. The van der Waals surface area contributed by atoms with Gasteiger partial charge in [0.25, 0.3) is 5.91 Å². The molecule has 0 radical (unpaired) electrons. The molecular formula is C23H22BrN3O3S. The van der Waals surface area contributed by atoms with Crippen LogP contribution in [0.4, 0.5) is 0 Å². The van der Waals surface area contributed by atoms with Gasteiger partial charge >= 0.3 is 5.97 Å². The molecular weight excluding hydrogens is 478 g/mol. The molecule has 4 rings (SSSR count). The van der Waals surface area contributed by atoms with Crippen molar-refractivity contribution in [2.75, 3.05) is 0 Å². The molecule has 0 spiro atoms. The minimum atomic E-state index is -0.876. The van der Waals surface area contributed by atoms with Gasteiger partial charge < -0.3 is 9.67 Å². The Morgan fingerprint density at radius 2 is 2.00 bits per heavy atom. The van der Waals surface area contributed by atoms with Crippen molar-refractivity contribution in [3.05, 3.63) is 73.3 Å². The summed E-state index contributed by atoms with van der Waals surface area (Å²) in [6.45, 7) is 3.89. The highest BCUT2D eigenvalue weighted by molar-refractivity contribution is 9.10. The molecule has 31 heavy (non-hydrogen) atoms. The second-order valence-corrected chi connectivity index (χ2v) is 9.57. The van der Waals surface area contributed by atoms with Crippen LogP contribution in [0, 0.1) is 13.8 Å². The minimum Gasteiger partial charge on any atom is -0.478 e. The Morgan fingerprint density at radius 3 is 2.74 bits per heavy atom. The molecule has 0 fully saturated rings. The first kappa shape index (κ1) is 21.5. The number of carboxylic acids is 1. The van der Waals surface area contributed by atoms with Crippen molar-refractivity contribution in [1.29, 1.82) is 0 Å². The van der Waals surface area contributed by atoms with Crippen molar-refractivity contribution in [3.8, 4) is 5.00 Å². The molecule has 0 aliphatic heterocycles. The first-order chi connectivity index (χ1) is 14.9. The number of nitrogens with one attached hydrogen (secondary N) is 1. The molecule has 0 atom stereocenters. The molecule has 0 saturated heterocycles. The average Bonchev–Trinajstić information content (AvgIpc) is 3.24. The number of aryl methyl sites for hydroxylation is 2. The third-order valence-electron chi connectivity index (χ3n) is 5.50. The quantitative estimate of drug-likeness (QED) is 0.370. The van der Waals surface area contributed by atoms with Crippen LogP contribution in [-0.2, 0) is 12.8 Å². The van der Waals surface area contributed by atoms with E-state index >= 15 is 0 Å². The summed E-state index contributed by atoms with van der Waals surface area (Å²) in [7, 11) is 0. The zero-order chi connectivity index (χ0) is 22.1. The molecule has 1 amide bonds. The minimum absolute atomic E-state index is 0.301. The predicted molar refractivity (Wildman–Crippen MR) is 126 cm³/mol. The van der Waals surface area contributed by atoms with Crippen LogP contribution in [0.2, 0.25) is 0 Å². The lowest BCUT2D eigenvalue weighted by Gasteiger charge is -2.11. The van der Waals surface area contributed by atoms with Gasteiger partial charge in [-0.25, -0.2) is 10.2 Å². The SMILES string of the molecule is Cc1cc(C=NNC(=O)c2cccc(Br)c2)c(C)n1-c1sc2c(c1C(=O)O)CCCC2. The summed E-state index contributed by atoms with van der Waals surface area (Å²) < 4.78 is 2.81. The van der Waals surface area contributed by atoms with Gasteiger partial charge in [0.1, 0.15) is 5.00 Å². The third kappa shape index (κ3) is 4.22. The zero-order valence-corrected chi connectivity index (χ0v) is 19.6. The summed E-state index contributed by atoms with van der Waals surface area (Å²) in [4.78, 5) is 25.5. The van der Waals surface area contributed by atoms with Crippen molar-refractivity contribution >= 4 is 45.4 Å². The highest BCUT2D eigenvalue weighted by Gasteiger charge is 2.27. The van der Waals surface area contributed by atoms with Gasteiger partial charge in [-0.05, 0) is 69.4 Å². The molecule has 1 aliphatic rings. The average molecular weight is 500 g/mol. The largest absolute Gasteiger partial charge is 0.478 e. The number of thiophene rings is 1. The number of hydrogen-bond donors (Lipinski definition) is 2. The normalized spacial score (nSPS) is 13.4. The second kappa shape index (κ2) is 8.80. The van der Waals surface area contributed by atoms with Crippen LogP contribution < -0.4 is 5.43 Å². The second-order valence-electron chi connectivity index (χ2n) is 7.57. The lowest BCUT2D eigenvalue weighted by Crippen LogP contribution is -2.17. The molecule has 6 nitrogen and oxygen atoms in total. The molecule has 1 aliphatic carbocycles. The third-order valence-corrected chi connectivity index (χ3v) is 7.27. The summed E-state index contributed by atoms with van der Waals surface area (Å²) in [6, 6.07) is 9.03. The van der Waals surface area contributed by atoms with E-state index in [0.717, 1.165) is 57.7 Å². The fourth-order valence-electron chi connectivity index (χ4n) is 4.02. The summed E-state index contributed by atoms with van der Waals surface area (Å²) in [5, 5.41) is 14.8. The maximum absolute atomic E-state index is 12.3. The van der Waals surface area contributed by atoms with E-state index in [1.165, 1.54) is 4.88 Å². The maximum atomic E-state index is 12.3. The smallest absolute Gasteiger partial charge is 0.339 e. The van der Waals surface area contributed by atoms with Crippen molar-refractivity contribution < 1.29 is 14.7 Å². The molecule has 2 aromatic heterocycles. The number of benzene rings is 1. The molecule has 0 unspecified atom stereocenters. The monoisotopic (exact) mass is 499 g/mol. The Balaban J connectivity index is 1.63. The van der Waals surface area contributed by atoms with Crippen LogP contribution in [0.5, 0.6) is 0 Å². The molecule has 8 heteroatoms. The van der Waals surface area contributed by atoms with Gasteiger partial charge in [0.2, 0.25) is 0 Å². The molecule has 160 valence electrons. The van der Waals surface area contributed by atoms with Crippen molar-refractivity contribution in [2.45, 2.75) is 39.5 Å². The fraction of sp³-hybridized carbons (Fsp3) is 0.261. The molecule has 1 aromatic carbocycles. The molecule has 2 N–H and O–H groups in total. The molecule has 0 bridgehead atoms. The van der Waals surface area contributed by atoms with Gasteiger partial charge in [0.05, 0.1) is 11.8 Å². The van der Waals surface area contributed by atoms with Gasteiger partial charge in [0, 0.05) is 31.9 Å². The Kier molecular flexibility index (Phi) is 6.11. The number of rotatable bonds is 5. The van der Waals surface area contributed by atoms with Crippen molar-refractivity contribution in [1.82, 2.24) is 9.99 Å². The first-order valence-corrected chi connectivity index (χ1v) is 11.6. The van der Waals surface area contributed by atoms with E-state index in [2.05, 4.69) is 26.5 Å². The summed E-state index contributed by atoms with van der Waals surface area (Å²) in [5.41, 5.74) is 7.11. The summed E-state index contributed by atoms with van der Waals surface area (Å²) >= 11 is 4.93. The van der Waals surface area contributed by atoms with Gasteiger partial charge in [-0.2, -0.15) is 5.10 Å². The number of aromatic carboxylic acids is 1. The van der Waals surface area contributed by atoms with E-state index < -0.39 is 5.97 Å². The first-order valence-electron chi connectivity index (χ1n) is 10.0. The van der Waals surface area contributed by atoms with Crippen LogP contribution in [0.3, 0.4) is 0 Å². The number of carbonyl (C=O) groups is 2. The highest BCUT2D eigenvalue weighted by atomic mass is 79.9. The van der Waals surface area contributed by atoms with E-state index in [1.54, 1.807) is 35.8 Å². The topological polar surface area (TPSA) is 83.7 Å². The van der Waals surface area contributed by atoms with Gasteiger partial charge in [-0.15, -0.1) is 11.3 Å². The lowest BCUT2D eigenvalue weighted by atomic mass is 9.95. The fourth-order valence-corrected chi connectivity index (χ4v) is 5.91. The number of halogens is 1. The van der Waals surface area contributed by atoms with Crippen molar-refractivity contribution in [3.63, 3.8) is 0 Å². The molecule has 3 aromatic rings. The predicted octanol–water partition coefficient (Wildman–Crippen LogP) is 5.26. The van der Waals surface area contributed by atoms with Gasteiger partial charge in [0.15, 0.2) is 0 Å². The standard InChI is InChI=1S/C23H22BrN3O3S/c1-13-10-16(12-25-26-21(28)15-6-5-7-17(24)11-15)14(2)27(13)22-20(23(29)30)18-8-3-4-9-19(18)31-22/h5-7,10-12H,3-4,8-9H2,1-2H3,(H,26,28)(H,29,30). The van der Waals surface area contributed by atoms with Crippen LogP contribution >= 0.6 is 27.3 Å². The van der Waals surface area contributed by atoms with E-state index in [-0.39, 0.29) is 5.91 Å². The Labute approximate surface area is 192 Å². The Bertz CT molecular complexity index is 1210. The van der Waals surface area contributed by atoms with E-state index in [0.29, 0.717) is 11.1 Å². The van der Waals surface area contributed by atoms with Crippen LogP contribution in [-0.4, -0.2) is 27.8 Å². The highest BCUT2D eigenvalue weighted by Crippen LogP contribution is 2.38. The number of carbonyl (C=O) groups excluding carboxylic acids is 1. The number of fused-ring (bicyclic) bond motifs is 1. The molecule has 0 saturated carbocycles. The summed E-state index contributed by atoms with van der Waals surface area (Å²) in [6.07, 6.45) is 5.50. The number of amides is 1. The number of hydrogen-bond acceptors (Lipinski definition) is 4. The summed E-state index contributed by atoms with van der Waals surface area (Å²) in [5.74, 6) is -1.18. The van der Waals surface area contributed by atoms with Crippen LogP contribution in [0.15, 0.2) is 39.9 Å². The number of carboxylic acid groups (broad SMARTS) is 1. The van der Waals surface area contributed by atoms with Crippen LogP contribution in [0.1, 0.15) is 60.9 Å².